The summed E-state index contributed by atoms with van der Waals surface area (Å²) < 4.78 is 0. The second-order valence-corrected chi connectivity index (χ2v) is 9.99. The van der Waals surface area contributed by atoms with Gasteiger partial charge >= 0.3 is 5.97 Å². The smallest absolute Gasteiger partial charge is 0.309 e. The Morgan fingerprint density at radius 3 is 2.64 bits per heavy atom. The number of hydrogen-bond acceptors (Lipinski definition) is 6. The van der Waals surface area contributed by atoms with Crippen LogP contribution in [0.15, 0.2) is 41.8 Å². The van der Waals surface area contributed by atoms with Crippen molar-refractivity contribution in [2.45, 2.75) is 64.8 Å². The number of thiophene rings is 1. The maximum Gasteiger partial charge on any atom is 0.309 e. The largest absolute Gasteiger partial charge is 0.481 e. The number of carbonyl (C=O) groups is 2. The zero-order chi connectivity index (χ0) is 23.5. The number of anilines is 2. The van der Waals surface area contributed by atoms with Crippen molar-refractivity contribution < 1.29 is 14.7 Å². The van der Waals surface area contributed by atoms with E-state index in [0.717, 1.165) is 17.0 Å². The van der Waals surface area contributed by atoms with E-state index in [4.69, 9.17) is 5.11 Å². The molecule has 0 radical (unpaired) electrons. The van der Waals surface area contributed by atoms with Crippen LogP contribution in [0.4, 0.5) is 10.8 Å². The average Bonchev–Trinajstić information content (AvgIpc) is 3.44. The molecule has 0 aliphatic heterocycles. The van der Waals surface area contributed by atoms with Gasteiger partial charge in [-0.2, -0.15) is 0 Å². The number of aliphatic carboxylic acids is 1. The van der Waals surface area contributed by atoms with Crippen LogP contribution in [-0.4, -0.2) is 22.0 Å². The number of amides is 1. The van der Waals surface area contributed by atoms with E-state index >= 15 is 0 Å². The molecule has 6 nitrogen and oxygen atoms in total. The molecule has 0 saturated heterocycles. The molecule has 0 aliphatic rings. The molecule has 0 saturated carbocycles. The van der Waals surface area contributed by atoms with Gasteiger partial charge in [0.15, 0.2) is 5.13 Å². The van der Waals surface area contributed by atoms with Gasteiger partial charge in [-0.15, -0.1) is 22.7 Å². The van der Waals surface area contributed by atoms with Crippen LogP contribution >= 0.6 is 22.7 Å². The van der Waals surface area contributed by atoms with E-state index in [2.05, 4.69) is 40.7 Å². The Hall–Kier alpha value is -2.71. The molecule has 1 aromatic carbocycles. The molecule has 3 rings (SSSR count). The Labute approximate surface area is 203 Å². The first kappa shape index (κ1) is 24.9. The van der Waals surface area contributed by atoms with Crippen molar-refractivity contribution in [1.29, 1.82) is 0 Å². The Morgan fingerprint density at radius 1 is 1.03 bits per heavy atom. The average molecular weight is 486 g/mol. The lowest BCUT2D eigenvalue weighted by molar-refractivity contribution is -0.136. The SMILES string of the molecule is CCCCCCCCc1ccccc1NCc1ccc(C(=O)Nc2nc(CC(=O)O)cs2)s1. The maximum atomic E-state index is 12.5. The molecular formula is C25H31N3O3S2. The Balaban J connectivity index is 1.49. The summed E-state index contributed by atoms with van der Waals surface area (Å²) in [5.41, 5.74) is 2.93. The van der Waals surface area contributed by atoms with E-state index in [1.165, 1.54) is 66.8 Å². The highest BCUT2D eigenvalue weighted by Gasteiger charge is 2.13. The third-order valence-electron chi connectivity index (χ3n) is 5.26. The van der Waals surface area contributed by atoms with Gasteiger partial charge in [0.25, 0.3) is 5.91 Å². The Morgan fingerprint density at radius 2 is 1.82 bits per heavy atom. The fraction of sp³-hybridized carbons (Fsp3) is 0.400. The van der Waals surface area contributed by atoms with Gasteiger partial charge < -0.3 is 10.4 Å². The Bertz CT molecular complexity index is 1040. The number of carboxylic acid groups (broad SMARTS) is 1. The normalized spacial score (nSPS) is 10.8. The van der Waals surface area contributed by atoms with Gasteiger partial charge in [-0.25, -0.2) is 4.98 Å². The van der Waals surface area contributed by atoms with Crippen LogP contribution in [0.25, 0.3) is 0 Å². The molecule has 0 unspecified atom stereocenters. The minimum Gasteiger partial charge on any atom is -0.481 e. The molecule has 3 aromatic rings. The van der Waals surface area contributed by atoms with Gasteiger partial charge in [-0.3, -0.25) is 14.9 Å². The van der Waals surface area contributed by atoms with Crippen molar-refractivity contribution in [2.24, 2.45) is 0 Å². The lowest BCUT2D eigenvalue weighted by Crippen LogP contribution is -2.10. The van der Waals surface area contributed by atoms with Crippen molar-refractivity contribution in [3.63, 3.8) is 0 Å². The van der Waals surface area contributed by atoms with E-state index in [0.29, 0.717) is 22.2 Å². The molecule has 1 amide bonds. The summed E-state index contributed by atoms with van der Waals surface area (Å²) in [6.07, 6.45) is 8.64. The van der Waals surface area contributed by atoms with Crippen LogP contribution in [-0.2, 0) is 24.2 Å². The number of benzene rings is 1. The number of hydrogen-bond donors (Lipinski definition) is 3. The van der Waals surface area contributed by atoms with Crippen molar-refractivity contribution in [3.05, 3.63) is 62.8 Å². The fourth-order valence-corrected chi connectivity index (χ4v) is 5.09. The first-order valence-electron chi connectivity index (χ1n) is 11.4. The number of para-hydroxylation sites is 1. The molecule has 0 aliphatic carbocycles. The summed E-state index contributed by atoms with van der Waals surface area (Å²) in [5, 5.41) is 17.2. The number of thiazole rings is 1. The van der Waals surface area contributed by atoms with Crippen LogP contribution < -0.4 is 10.6 Å². The van der Waals surface area contributed by atoms with Gasteiger partial charge in [0, 0.05) is 22.5 Å². The third kappa shape index (κ3) is 8.29. The number of unbranched alkanes of at least 4 members (excludes halogenated alkanes) is 5. The van der Waals surface area contributed by atoms with Crippen molar-refractivity contribution >= 4 is 45.4 Å². The van der Waals surface area contributed by atoms with Crippen LogP contribution in [0.2, 0.25) is 0 Å². The lowest BCUT2D eigenvalue weighted by Gasteiger charge is -2.11. The quantitative estimate of drug-likeness (QED) is 0.224. The predicted molar refractivity (Wildman–Crippen MR) is 137 cm³/mol. The summed E-state index contributed by atoms with van der Waals surface area (Å²) in [6, 6.07) is 12.2. The number of nitrogens with one attached hydrogen (secondary N) is 2. The predicted octanol–water partition coefficient (Wildman–Crippen LogP) is 6.60. The number of carbonyl (C=O) groups excluding carboxylic acids is 1. The minimum absolute atomic E-state index is 0.151. The van der Waals surface area contributed by atoms with E-state index in [-0.39, 0.29) is 12.3 Å². The van der Waals surface area contributed by atoms with Crippen LogP contribution in [0, 0.1) is 0 Å². The minimum atomic E-state index is -0.942. The summed E-state index contributed by atoms with van der Waals surface area (Å²) in [7, 11) is 0. The van der Waals surface area contributed by atoms with E-state index in [1.807, 2.05) is 18.2 Å². The summed E-state index contributed by atoms with van der Waals surface area (Å²) >= 11 is 2.67. The summed E-state index contributed by atoms with van der Waals surface area (Å²) in [6.45, 7) is 2.90. The second kappa shape index (κ2) is 13.1. The molecule has 3 N–H and O–H groups in total. The molecule has 8 heteroatoms. The van der Waals surface area contributed by atoms with Crippen LogP contribution in [0.1, 0.15) is 71.3 Å². The number of aryl methyl sites for hydroxylation is 1. The van der Waals surface area contributed by atoms with Crippen molar-refractivity contribution in [2.75, 3.05) is 10.6 Å². The molecule has 0 spiro atoms. The van der Waals surface area contributed by atoms with Crippen LogP contribution in [0.5, 0.6) is 0 Å². The number of rotatable bonds is 14. The van der Waals surface area contributed by atoms with E-state index in [9.17, 15) is 9.59 Å². The third-order valence-corrected chi connectivity index (χ3v) is 7.15. The molecule has 176 valence electrons. The monoisotopic (exact) mass is 485 g/mol. The molecule has 0 bridgehead atoms. The van der Waals surface area contributed by atoms with Crippen molar-refractivity contribution in [3.8, 4) is 0 Å². The maximum absolute atomic E-state index is 12.5. The molecule has 2 heterocycles. The molecule has 0 fully saturated rings. The lowest BCUT2D eigenvalue weighted by atomic mass is 10.0. The standard InChI is InChI=1S/C25H31N3O3S2/c1-2-3-4-5-6-7-10-18-11-8-9-12-21(18)26-16-20-13-14-22(33-20)24(31)28-25-27-19(17-32-25)15-23(29)30/h8-9,11-14,17,26H,2-7,10,15-16H2,1H3,(H,29,30)(H,27,28,31). The number of aromatic nitrogens is 1. The molecular weight excluding hydrogens is 454 g/mol. The van der Waals surface area contributed by atoms with Gasteiger partial charge in [-0.05, 0) is 36.6 Å². The highest BCUT2D eigenvalue weighted by molar-refractivity contribution is 7.15. The zero-order valence-corrected chi connectivity index (χ0v) is 20.6. The topological polar surface area (TPSA) is 91.3 Å². The zero-order valence-electron chi connectivity index (χ0n) is 18.9. The molecule has 2 aromatic heterocycles. The fourth-order valence-electron chi connectivity index (χ4n) is 3.54. The highest BCUT2D eigenvalue weighted by Crippen LogP contribution is 2.23. The van der Waals surface area contributed by atoms with Gasteiger partial charge in [0.2, 0.25) is 0 Å². The molecule has 33 heavy (non-hydrogen) atoms. The second-order valence-electron chi connectivity index (χ2n) is 7.96. The van der Waals surface area contributed by atoms with Crippen LogP contribution in [0.3, 0.4) is 0 Å². The van der Waals surface area contributed by atoms with Crippen molar-refractivity contribution in [1.82, 2.24) is 4.98 Å². The van der Waals surface area contributed by atoms with Gasteiger partial charge in [-0.1, -0.05) is 57.2 Å². The van der Waals surface area contributed by atoms with E-state index in [1.54, 1.807) is 5.38 Å². The van der Waals surface area contributed by atoms with E-state index < -0.39 is 5.97 Å². The van der Waals surface area contributed by atoms with Gasteiger partial charge in [0.05, 0.1) is 17.0 Å². The number of carboxylic acids is 1. The highest BCUT2D eigenvalue weighted by atomic mass is 32.1. The summed E-state index contributed by atoms with van der Waals surface area (Å²) in [5.74, 6) is -1.17. The number of nitrogens with zero attached hydrogens (tertiary/aromatic N) is 1. The Kier molecular flexibility index (Phi) is 9.90. The first-order chi connectivity index (χ1) is 16.0. The first-order valence-corrected chi connectivity index (χ1v) is 13.1. The molecule has 0 atom stereocenters. The van der Waals surface area contributed by atoms with Gasteiger partial charge in [0.1, 0.15) is 0 Å². The summed E-state index contributed by atoms with van der Waals surface area (Å²) in [4.78, 5) is 29.1.